The molecule has 0 saturated carbocycles. The minimum Gasteiger partial charge on any atom is -0.481 e. The molecule has 0 bridgehead atoms. The third-order valence-corrected chi connectivity index (χ3v) is 2.76. The number of carboxylic acid groups (broad SMARTS) is 1. The van der Waals surface area contributed by atoms with Crippen molar-refractivity contribution in [2.75, 3.05) is 0 Å². The Kier molecular flexibility index (Phi) is 2.79. The van der Waals surface area contributed by atoms with Gasteiger partial charge in [-0.2, -0.15) is 0 Å². The molecule has 0 aliphatic carbocycles. The van der Waals surface area contributed by atoms with Gasteiger partial charge < -0.3 is 5.11 Å². The lowest BCUT2D eigenvalue weighted by Gasteiger charge is -2.11. The summed E-state index contributed by atoms with van der Waals surface area (Å²) in [4.78, 5) is 10.9. The minimum absolute atomic E-state index is 0.170. The Morgan fingerprint density at radius 1 is 1.29 bits per heavy atom. The third-order valence-electron chi connectivity index (χ3n) is 2.76. The van der Waals surface area contributed by atoms with E-state index in [1.807, 2.05) is 0 Å². The molecule has 2 nitrogen and oxygen atoms in total. The van der Waals surface area contributed by atoms with Crippen molar-refractivity contribution in [2.45, 2.75) is 12.8 Å². The smallest absolute Gasteiger partial charge is 0.310 e. The largest absolute Gasteiger partial charge is 0.481 e. The Bertz CT molecular complexity index is 593. The van der Waals surface area contributed by atoms with E-state index in [0.29, 0.717) is 10.9 Å². The highest BCUT2D eigenvalue weighted by Crippen LogP contribution is 2.28. The standard InChI is InChI=1S/C13H10F2O2/c1-7(13(16)17)10-4-2-3-8-5-9(14)6-11(15)12(8)10/h2-7H,1H3,(H,16,17). The molecular weight excluding hydrogens is 226 g/mol. The van der Waals surface area contributed by atoms with Crippen LogP contribution >= 0.6 is 0 Å². The molecule has 0 spiro atoms. The van der Waals surface area contributed by atoms with Crippen LogP contribution in [-0.2, 0) is 4.79 Å². The number of carbonyl (C=O) groups is 1. The molecule has 0 saturated heterocycles. The summed E-state index contributed by atoms with van der Waals surface area (Å²) in [5.41, 5.74) is 0.354. The van der Waals surface area contributed by atoms with Crippen molar-refractivity contribution < 1.29 is 18.7 Å². The number of fused-ring (bicyclic) bond motifs is 1. The maximum Gasteiger partial charge on any atom is 0.310 e. The van der Waals surface area contributed by atoms with E-state index >= 15 is 0 Å². The van der Waals surface area contributed by atoms with Crippen molar-refractivity contribution in [3.8, 4) is 0 Å². The highest BCUT2D eigenvalue weighted by molar-refractivity contribution is 5.91. The van der Waals surface area contributed by atoms with Crippen molar-refractivity contribution in [1.29, 1.82) is 0 Å². The molecule has 2 aromatic rings. The van der Waals surface area contributed by atoms with Gasteiger partial charge in [0.1, 0.15) is 11.6 Å². The van der Waals surface area contributed by atoms with E-state index in [9.17, 15) is 13.6 Å². The van der Waals surface area contributed by atoms with E-state index in [1.54, 1.807) is 18.2 Å². The molecule has 0 aliphatic rings. The maximum absolute atomic E-state index is 13.7. The fourth-order valence-corrected chi connectivity index (χ4v) is 1.86. The van der Waals surface area contributed by atoms with Crippen LogP contribution in [0.5, 0.6) is 0 Å². The van der Waals surface area contributed by atoms with Crippen LogP contribution in [0.2, 0.25) is 0 Å². The third kappa shape index (κ3) is 1.98. The van der Waals surface area contributed by atoms with Crippen LogP contribution in [-0.4, -0.2) is 11.1 Å². The number of hydrogen-bond donors (Lipinski definition) is 1. The zero-order valence-electron chi connectivity index (χ0n) is 9.08. The Hall–Kier alpha value is -1.97. The predicted molar refractivity (Wildman–Crippen MR) is 59.9 cm³/mol. The number of hydrogen-bond acceptors (Lipinski definition) is 1. The van der Waals surface area contributed by atoms with Crippen LogP contribution in [0.25, 0.3) is 10.8 Å². The molecule has 4 heteroatoms. The Balaban J connectivity index is 2.77. The van der Waals surface area contributed by atoms with Gasteiger partial charge >= 0.3 is 5.97 Å². The molecule has 17 heavy (non-hydrogen) atoms. The first-order valence-electron chi connectivity index (χ1n) is 5.11. The lowest BCUT2D eigenvalue weighted by atomic mass is 9.94. The van der Waals surface area contributed by atoms with Crippen LogP contribution in [0.15, 0.2) is 30.3 Å². The van der Waals surface area contributed by atoms with E-state index in [1.165, 1.54) is 13.0 Å². The van der Waals surface area contributed by atoms with E-state index in [2.05, 4.69) is 0 Å². The molecule has 2 rings (SSSR count). The van der Waals surface area contributed by atoms with E-state index in [-0.39, 0.29) is 5.39 Å². The summed E-state index contributed by atoms with van der Waals surface area (Å²) in [7, 11) is 0. The van der Waals surface area contributed by atoms with E-state index < -0.39 is 23.5 Å². The highest BCUT2D eigenvalue weighted by atomic mass is 19.1. The lowest BCUT2D eigenvalue weighted by molar-refractivity contribution is -0.138. The Morgan fingerprint density at radius 3 is 2.65 bits per heavy atom. The fraction of sp³-hybridized carbons (Fsp3) is 0.154. The molecule has 0 radical (unpaired) electrons. The maximum atomic E-state index is 13.7. The summed E-state index contributed by atoms with van der Waals surface area (Å²) < 4.78 is 26.7. The van der Waals surface area contributed by atoms with Crippen LogP contribution < -0.4 is 0 Å². The molecule has 0 heterocycles. The van der Waals surface area contributed by atoms with E-state index in [0.717, 1.165) is 6.07 Å². The van der Waals surface area contributed by atoms with Gasteiger partial charge in [-0.1, -0.05) is 18.2 Å². The van der Waals surface area contributed by atoms with Gasteiger partial charge in [0.05, 0.1) is 5.92 Å². The van der Waals surface area contributed by atoms with Crippen molar-refractivity contribution in [3.63, 3.8) is 0 Å². The van der Waals surface area contributed by atoms with Gasteiger partial charge in [0, 0.05) is 11.5 Å². The van der Waals surface area contributed by atoms with Gasteiger partial charge in [-0.3, -0.25) is 4.79 Å². The second-order valence-electron chi connectivity index (χ2n) is 3.89. The molecule has 0 aliphatic heterocycles. The molecule has 1 atom stereocenters. The summed E-state index contributed by atoms with van der Waals surface area (Å²) in [5.74, 6) is -3.28. The predicted octanol–water partition coefficient (Wildman–Crippen LogP) is 3.31. The van der Waals surface area contributed by atoms with Gasteiger partial charge in [0.2, 0.25) is 0 Å². The lowest BCUT2D eigenvalue weighted by Crippen LogP contribution is -2.08. The second-order valence-corrected chi connectivity index (χ2v) is 3.89. The van der Waals surface area contributed by atoms with Gasteiger partial charge in [0.15, 0.2) is 0 Å². The van der Waals surface area contributed by atoms with Gasteiger partial charge in [-0.05, 0) is 23.9 Å². The number of halogens is 2. The first-order chi connectivity index (χ1) is 8.00. The summed E-state index contributed by atoms with van der Waals surface area (Å²) in [6.45, 7) is 1.47. The molecule has 2 aromatic carbocycles. The second kappa shape index (κ2) is 4.13. The normalized spacial score (nSPS) is 12.6. The van der Waals surface area contributed by atoms with Crippen LogP contribution in [0.3, 0.4) is 0 Å². The van der Waals surface area contributed by atoms with Crippen LogP contribution in [0.1, 0.15) is 18.4 Å². The van der Waals surface area contributed by atoms with Crippen molar-refractivity contribution in [2.24, 2.45) is 0 Å². The number of carboxylic acids is 1. The van der Waals surface area contributed by atoms with Gasteiger partial charge in [0.25, 0.3) is 0 Å². The number of benzene rings is 2. The van der Waals surface area contributed by atoms with Crippen molar-refractivity contribution >= 4 is 16.7 Å². The first-order valence-corrected chi connectivity index (χ1v) is 5.11. The Morgan fingerprint density at radius 2 is 2.00 bits per heavy atom. The summed E-state index contributed by atoms with van der Waals surface area (Å²) in [6, 6.07) is 6.65. The average Bonchev–Trinajstić information content (AvgIpc) is 2.26. The molecule has 0 fully saturated rings. The topological polar surface area (TPSA) is 37.3 Å². The first kappa shape index (κ1) is 11.5. The fourth-order valence-electron chi connectivity index (χ4n) is 1.86. The minimum atomic E-state index is -1.04. The van der Waals surface area contributed by atoms with E-state index in [4.69, 9.17) is 5.11 Å². The zero-order chi connectivity index (χ0) is 12.6. The van der Waals surface area contributed by atoms with Gasteiger partial charge in [-0.25, -0.2) is 8.78 Å². The molecule has 1 unspecified atom stereocenters. The van der Waals surface area contributed by atoms with Crippen LogP contribution in [0, 0.1) is 11.6 Å². The number of rotatable bonds is 2. The average molecular weight is 236 g/mol. The van der Waals surface area contributed by atoms with Crippen molar-refractivity contribution in [1.82, 2.24) is 0 Å². The van der Waals surface area contributed by atoms with Crippen LogP contribution in [0.4, 0.5) is 8.78 Å². The molecule has 0 aromatic heterocycles. The van der Waals surface area contributed by atoms with Gasteiger partial charge in [-0.15, -0.1) is 0 Å². The number of aliphatic carboxylic acids is 1. The Labute approximate surface area is 96.5 Å². The van der Waals surface area contributed by atoms with Crippen molar-refractivity contribution in [3.05, 3.63) is 47.5 Å². The molecule has 88 valence electrons. The quantitative estimate of drug-likeness (QED) is 0.868. The zero-order valence-corrected chi connectivity index (χ0v) is 9.08. The molecule has 1 N–H and O–H groups in total. The monoisotopic (exact) mass is 236 g/mol. The summed E-state index contributed by atoms with van der Waals surface area (Å²) >= 11 is 0. The highest BCUT2D eigenvalue weighted by Gasteiger charge is 2.18. The summed E-state index contributed by atoms with van der Waals surface area (Å²) in [5, 5.41) is 9.48. The molecular formula is C13H10F2O2. The summed E-state index contributed by atoms with van der Waals surface area (Å²) in [6.07, 6.45) is 0. The molecule has 0 amide bonds. The SMILES string of the molecule is CC(C(=O)O)c1cccc2cc(F)cc(F)c12.